The van der Waals surface area contributed by atoms with Crippen molar-refractivity contribution >= 4 is 23.5 Å². The molecule has 2 heterocycles. The Morgan fingerprint density at radius 1 is 0.508 bits per heavy atom. The number of para-hydroxylation sites is 2. The summed E-state index contributed by atoms with van der Waals surface area (Å²) in [5.41, 5.74) is 7.85. The average Bonchev–Trinajstić information content (AvgIpc) is 3.99. The highest BCUT2D eigenvalue weighted by atomic mass is 35.5. The summed E-state index contributed by atoms with van der Waals surface area (Å²) in [4.78, 5) is 21.5. The number of carbonyl (C=O) groups is 2. The Hall–Kier alpha value is -7.71. The van der Waals surface area contributed by atoms with E-state index in [0.29, 0.717) is 30.5 Å². The summed E-state index contributed by atoms with van der Waals surface area (Å²) in [7, 11) is 3.32. The first kappa shape index (κ1) is 44.8. The number of hydrogen-bond acceptors (Lipinski definition) is 12. The van der Waals surface area contributed by atoms with Gasteiger partial charge < -0.3 is 18.9 Å². The number of benzene rings is 6. The number of ether oxygens (including phenoxy) is 4. The maximum Gasteiger partial charge on any atom is 0.302 e. The normalized spacial score (nSPS) is 10.4. The van der Waals surface area contributed by atoms with E-state index < -0.39 is 0 Å². The van der Waals surface area contributed by atoms with Gasteiger partial charge >= 0.3 is 11.9 Å². The molecule has 320 valence electrons. The van der Waals surface area contributed by atoms with Crippen molar-refractivity contribution in [3.8, 4) is 45.4 Å². The molecule has 0 saturated heterocycles. The summed E-state index contributed by atoms with van der Waals surface area (Å²) < 4.78 is 24.2. The molecule has 0 spiro atoms. The van der Waals surface area contributed by atoms with Crippen molar-refractivity contribution in [3.63, 3.8) is 0 Å². The van der Waals surface area contributed by atoms with Gasteiger partial charge in [0.2, 0.25) is 0 Å². The van der Waals surface area contributed by atoms with Crippen molar-refractivity contribution in [1.82, 2.24) is 40.4 Å². The average molecular weight is 865 g/mol. The SMILES string of the molecule is CC(=O)OCc1ccc(Cl)cc1.COc1ccccc1Cn1nnnc1-c1ccccc1.COc1ccccc1Cn1nnnc1-c1ccccc1-c1ccc(COC(C)=O)cc1. The molecule has 0 atom stereocenters. The number of rotatable bonds is 13. The number of methoxy groups -OCH3 is 2. The molecule has 0 aliphatic heterocycles. The first-order valence-corrected chi connectivity index (χ1v) is 20.1. The van der Waals surface area contributed by atoms with Crippen LogP contribution in [-0.4, -0.2) is 66.6 Å². The van der Waals surface area contributed by atoms with E-state index in [9.17, 15) is 9.59 Å². The standard InChI is InChI=1S/C24H22N4O3.C15H14N4O.C9H9ClO2/c1-17(29)31-16-18-11-13-19(14-12-18)21-8-4-5-9-22(21)24-25-26-27-28(24)15-20-7-3-6-10-23(20)30-2;1-20-14-10-6-5-9-13(14)11-19-15(16-17-18-19)12-7-3-2-4-8-12;1-7(11)12-6-8-2-4-9(10)5-3-8/h3-14H,15-16H2,1-2H3;2-10H,11H2,1H3;2-5H,6H2,1H3. The van der Waals surface area contributed by atoms with E-state index in [1.165, 1.54) is 13.8 Å². The molecule has 0 radical (unpaired) electrons. The minimum atomic E-state index is -0.295. The first-order chi connectivity index (χ1) is 30.7. The minimum Gasteiger partial charge on any atom is -0.496 e. The van der Waals surface area contributed by atoms with Crippen molar-refractivity contribution in [2.45, 2.75) is 40.2 Å². The first-order valence-electron chi connectivity index (χ1n) is 19.7. The third-order valence-corrected chi connectivity index (χ3v) is 9.60. The van der Waals surface area contributed by atoms with Gasteiger partial charge in [0.05, 0.1) is 27.3 Å². The van der Waals surface area contributed by atoms with E-state index in [0.717, 1.165) is 61.8 Å². The van der Waals surface area contributed by atoms with Crippen molar-refractivity contribution in [2.24, 2.45) is 0 Å². The summed E-state index contributed by atoms with van der Waals surface area (Å²) in [5, 5.41) is 25.0. The van der Waals surface area contributed by atoms with E-state index in [2.05, 4.69) is 31.1 Å². The van der Waals surface area contributed by atoms with E-state index in [1.54, 1.807) is 35.7 Å². The highest BCUT2D eigenvalue weighted by Gasteiger charge is 2.16. The Morgan fingerprint density at radius 3 is 1.48 bits per heavy atom. The lowest BCUT2D eigenvalue weighted by atomic mass is 9.98. The Balaban J connectivity index is 0.000000176. The fraction of sp³-hybridized carbons (Fsp3) is 0.167. The largest absolute Gasteiger partial charge is 0.496 e. The molecule has 0 aliphatic carbocycles. The fourth-order valence-electron chi connectivity index (χ4n) is 6.26. The van der Waals surface area contributed by atoms with Crippen LogP contribution in [0.5, 0.6) is 11.5 Å². The Morgan fingerprint density at radius 2 is 0.952 bits per heavy atom. The van der Waals surface area contributed by atoms with Gasteiger partial charge in [0.1, 0.15) is 24.7 Å². The third kappa shape index (κ3) is 12.9. The van der Waals surface area contributed by atoms with Gasteiger partial charge in [-0.3, -0.25) is 9.59 Å². The second-order valence-electron chi connectivity index (χ2n) is 13.7. The third-order valence-electron chi connectivity index (χ3n) is 9.35. The summed E-state index contributed by atoms with van der Waals surface area (Å²) in [5.74, 6) is 2.48. The summed E-state index contributed by atoms with van der Waals surface area (Å²) in [6.07, 6.45) is 0. The van der Waals surface area contributed by atoms with Crippen LogP contribution in [0.3, 0.4) is 0 Å². The fourth-order valence-corrected chi connectivity index (χ4v) is 6.39. The number of hydrogen-bond donors (Lipinski definition) is 0. The van der Waals surface area contributed by atoms with Gasteiger partial charge in [-0.2, -0.15) is 0 Å². The zero-order chi connectivity index (χ0) is 44.4. The quantitative estimate of drug-likeness (QED) is 0.102. The second kappa shape index (κ2) is 22.8. The van der Waals surface area contributed by atoms with Gasteiger partial charge in [0.25, 0.3) is 0 Å². The van der Waals surface area contributed by atoms with Crippen molar-refractivity contribution in [3.05, 3.63) is 179 Å². The molecule has 0 unspecified atom stereocenters. The molecule has 2 aromatic heterocycles. The van der Waals surface area contributed by atoms with E-state index in [4.69, 9.17) is 30.5 Å². The monoisotopic (exact) mass is 864 g/mol. The van der Waals surface area contributed by atoms with Gasteiger partial charge in [-0.15, -0.1) is 10.2 Å². The smallest absolute Gasteiger partial charge is 0.302 e. The van der Waals surface area contributed by atoms with Crippen LogP contribution in [0.1, 0.15) is 36.1 Å². The minimum absolute atomic E-state index is 0.258. The van der Waals surface area contributed by atoms with Crippen molar-refractivity contribution in [1.29, 1.82) is 0 Å². The number of nitrogens with zero attached hydrogens (tertiary/aromatic N) is 8. The van der Waals surface area contributed by atoms with E-state index in [1.807, 2.05) is 140 Å². The summed E-state index contributed by atoms with van der Waals surface area (Å²) >= 11 is 5.67. The molecule has 63 heavy (non-hydrogen) atoms. The molecule has 0 aliphatic rings. The molecular formula is C48H45ClN8O6. The van der Waals surface area contributed by atoms with Gasteiger partial charge in [-0.25, -0.2) is 9.36 Å². The Kier molecular flexibility index (Phi) is 16.2. The zero-order valence-corrected chi connectivity index (χ0v) is 35.9. The van der Waals surface area contributed by atoms with Crippen LogP contribution >= 0.6 is 11.6 Å². The van der Waals surface area contributed by atoms with E-state index in [-0.39, 0.29) is 18.5 Å². The molecule has 0 saturated carbocycles. The number of aromatic nitrogens is 8. The molecule has 8 rings (SSSR count). The highest BCUT2D eigenvalue weighted by Crippen LogP contribution is 2.32. The summed E-state index contributed by atoms with van der Waals surface area (Å²) in [6, 6.07) is 48.7. The van der Waals surface area contributed by atoms with Gasteiger partial charge in [0.15, 0.2) is 11.6 Å². The van der Waals surface area contributed by atoms with Gasteiger partial charge in [-0.05, 0) is 67.4 Å². The predicted molar refractivity (Wildman–Crippen MR) is 239 cm³/mol. The van der Waals surface area contributed by atoms with Crippen molar-refractivity contribution < 1.29 is 28.5 Å². The molecular weight excluding hydrogens is 820 g/mol. The van der Waals surface area contributed by atoms with Crippen LogP contribution in [0.2, 0.25) is 5.02 Å². The molecule has 6 aromatic carbocycles. The Labute approximate surface area is 370 Å². The lowest BCUT2D eigenvalue weighted by molar-refractivity contribution is -0.143. The molecule has 0 fully saturated rings. The Bertz CT molecular complexity index is 2690. The lowest BCUT2D eigenvalue weighted by Crippen LogP contribution is -2.06. The number of tetrazole rings is 2. The van der Waals surface area contributed by atoms with Crippen LogP contribution in [0.4, 0.5) is 0 Å². The van der Waals surface area contributed by atoms with Crippen LogP contribution in [0.25, 0.3) is 33.9 Å². The second-order valence-corrected chi connectivity index (χ2v) is 14.2. The number of carbonyl (C=O) groups excluding carboxylic acids is 2. The van der Waals surface area contributed by atoms with Crippen LogP contribution in [0.15, 0.2) is 152 Å². The predicted octanol–water partition coefficient (Wildman–Crippen LogP) is 8.93. The van der Waals surface area contributed by atoms with Crippen LogP contribution in [0, 0.1) is 0 Å². The number of esters is 2. The van der Waals surface area contributed by atoms with Crippen LogP contribution < -0.4 is 9.47 Å². The number of halogens is 1. The molecule has 14 nitrogen and oxygen atoms in total. The maximum atomic E-state index is 11.0. The van der Waals surface area contributed by atoms with Gasteiger partial charge in [0, 0.05) is 41.1 Å². The summed E-state index contributed by atoms with van der Waals surface area (Å²) in [6.45, 7) is 4.42. The topological polar surface area (TPSA) is 158 Å². The van der Waals surface area contributed by atoms with Gasteiger partial charge in [-0.1, -0.05) is 139 Å². The lowest BCUT2D eigenvalue weighted by Gasteiger charge is -2.12. The van der Waals surface area contributed by atoms with E-state index >= 15 is 0 Å². The molecule has 15 heteroatoms. The molecule has 0 bridgehead atoms. The molecule has 0 amide bonds. The maximum absolute atomic E-state index is 11.0. The highest BCUT2D eigenvalue weighted by molar-refractivity contribution is 6.30. The zero-order valence-electron chi connectivity index (χ0n) is 35.2. The van der Waals surface area contributed by atoms with Crippen LogP contribution in [-0.2, 0) is 45.4 Å². The molecule has 0 N–H and O–H groups in total. The van der Waals surface area contributed by atoms with Crippen molar-refractivity contribution in [2.75, 3.05) is 14.2 Å². The molecule has 8 aromatic rings.